The first-order valence-electron chi connectivity index (χ1n) is 16.0. The average molecular weight is 577 g/mol. The molecule has 1 heterocycles. The Bertz CT molecular complexity index is 2280. The van der Waals surface area contributed by atoms with Gasteiger partial charge in [-0.1, -0.05) is 135 Å². The van der Waals surface area contributed by atoms with Crippen LogP contribution in [0.4, 0.5) is 0 Å². The van der Waals surface area contributed by atoms with Crippen molar-refractivity contribution in [3.8, 4) is 56.0 Å². The molecule has 0 spiro atoms. The molecule has 214 valence electrons. The van der Waals surface area contributed by atoms with Crippen LogP contribution in [-0.2, 0) is 11.8 Å². The van der Waals surface area contributed by atoms with Crippen LogP contribution in [0, 0.1) is 0 Å². The topological polar surface area (TPSA) is 25.8 Å². The lowest BCUT2D eigenvalue weighted by molar-refractivity contribution is 0.566. The third-order valence-corrected chi connectivity index (χ3v) is 10.3. The Hall–Kier alpha value is -5.34. The summed E-state index contributed by atoms with van der Waals surface area (Å²) in [4.78, 5) is 10.6. The Labute approximate surface area is 264 Å². The number of aromatic nitrogens is 2. The van der Waals surface area contributed by atoms with E-state index < -0.39 is 0 Å². The Morgan fingerprint density at radius 3 is 2.11 bits per heavy atom. The van der Waals surface area contributed by atoms with Gasteiger partial charge in [0, 0.05) is 21.9 Å². The minimum absolute atomic E-state index is 0.0225. The number of fused-ring (bicyclic) bond motifs is 8. The van der Waals surface area contributed by atoms with Gasteiger partial charge in [-0.3, -0.25) is 0 Å². The standard InChI is InChI=1S/C43H32N2/c1-3-43(2)37-20-11-10-17-31(37)33-23-21-30-26-35-32(39(30)40(33)43)18-12-19-34(35)42-44-38-24-22-29(27-13-6-4-7-14-27)25-36(38)41(45-42)28-15-8-5-9-16-28/h4-25H,3,26H2,1-2H3. The highest BCUT2D eigenvalue weighted by Gasteiger charge is 2.42. The van der Waals surface area contributed by atoms with Crippen LogP contribution in [0.25, 0.3) is 66.9 Å². The van der Waals surface area contributed by atoms with Gasteiger partial charge in [-0.15, -0.1) is 0 Å². The summed E-state index contributed by atoms with van der Waals surface area (Å²) in [6.45, 7) is 4.76. The average Bonchev–Trinajstić information content (AvgIpc) is 3.61. The van der Waals surface area contributed by atoms with Gasteiger partial charge in [0.25, 0.3) is 0 Å². The number of hydrogen-bond donors (Lipinski definition) is 0. The molecule has 1 unspecified atom stereocenters. The van der Waals surface area contributed by atoms with E-state index in [1.54, 1.807) is 0 Å². The number of rotatable bonds is 4. The number of benzene rings is 6. The molecule has 0 saturated heterocycles. The summed E-state index contributed by atoms with van der Waals surface area (Å²) in [6, 6.07) is 48.1. The van der Waals surface area contributed by atoms with Crippen molar-refractivity contribution >= 4 is 10.9 Å². The zero-order valence-electron chi connectivity index (χ0n) is 25.5. The normalized spacial score (nSPS) is 15.9. The third-order valence-electron chi connectivity index (χ3n) is 10.3. The second-order valence-electron chi connectivity index (χ2n) is 12.6. The summed E-state index contributed by atoms with van der Waals surface area (Å²) >= 11 is 0. The summed E-state index contributed by atoms with van der Waals surface area (Å²) in [5, 5.41) is 1.07. The van der Waals surface area contributed by atoms with Crippen LogP contribution in [0.1, 0.15) is 42.5 Å². The van der Waals surface area contributed by atoms with E-state index in [0.717, 1.165) is 46.4 Å². The Morgan fingerprint density at radius 2 is 1.31 bits per heavy atom. The fourth-order valence-electron chi connectivity index (χ4n) is 7.89. The van der Waals surface area contributed by atoms with Crippen molar-refractivity contribution in [3.63, 3.8) is 0 Å². The molecule has 0 radical (unpaired) electrons. The molecular formula is C43H32N2. The third kappa shape index (κ3) is 3.82. The molecule has 0 N–H and O–H groups in total. The lowest BCUT2D eigenvalue weighted by Crippen LogP contribution is -2.20. The molecule has 6 aromatic carbocycles. The van der Waals surface area contributed by atoms with E-state index in [0.29, 0.717) is 0 Å². The van der Waals surface area contributed by atoms with Gasteiger partial charge in [-0.05, 0) is 80.6 Å². The minimum Gasteiger partial charge on any atom is -0.228 e. The smallest absolute Gasteiger partial charge is 0.160 e. The van der Waals surface area contributed by atoms with Gasteiger partial charge < -0.3 is 0 Å². The SMILES string of the molecule is CCC1(C)c2ccccc2-c2ccc3c(c21)-c1cccc(-c2nc(-c4ccccc4)c4cc(-c5ccccc5)ccc4n2)c1C3. The molecule has 9 rings (SSSR count). The molecule has 2 aliphatic carbocycles. The van der Waals surface area contributed by atoms with E-state index in [4.69, 9.17) is 9.97 Å². The van der Waals surface area contributed by atoms with Gasteiger partial charge in [0.1, 0.15) is 0 Å². The number of nitrogens with zero attached hydrogens (tertiary/aromatic N) is 2. The number of hydrogen-bond acceptors (Lipinski definition) is 2. The fraction of sp³-hybridized carbons (Fsp3) is 0.116. The van der Waals surface area contributed by atoms with Crippen molar-refractivity contribution in [2.45, 2.75) is 32.1 Å². The van der Waals surface area contributed by atoms with Crippen molar-refractivity contribution in [2.75, 3.05) is 0 Å². The molecule has 45 heavy (non-hydrogen) atoms. The van der Waals surface area contributed by atoms with Crippen LogP contribution >= 0.6 is 0 Å². The highest BCUT2D eigenvalue weighted by Crippen LogP contribution is 2.57. The molecule has 2 heteroatoms. The quantitative estimate of drug-likeness (QED) is 0.208. The zero-order valence-corrected chi connectivity index (χ0v) is 25.5. The molecule has 2 nitrogen and oxygen atoms in total. The largest absolute Gasteiger partial charge is 0.228 e. The molecule has 2 aliphatic rings. The van der Waals surface area contributed by atoms with Crippen molar-refractivity contribution in [3.05, 3.63) is 156 Å². The Kier molecular flexibility index (Phi) is 5.70. The molecule has 1 atom stereocenters. The maximum Gasteiger partial charge on any atom is 0.160 e. The van der Waals surface area contributed by atoms with Crippen LogP contribution in [0.3, 0.4) is 0 Å². The van der Waals surface area contributed by atoms with Gasteiger partial charge in [-0.2, -0.15) is 0 Å². The van der Waals surface area contributed by atoms with Crippen molar-refractivity contribution in [1.29, 1.82) is 0 Å². The Balaban J connectivity index is 1.25. The maximum atomic E-state index is 5.36. The summed E-state index contributed by atoms with van der Waals surface area (Å²) in [6.07, 6.45) is 1.95. The van der Waals surface area contributed by atoms with E-state index in [1.165, 1.54) is 55.6 Å². The van der Waals surface area contributed by atoms with E-state index in [9.17, 15) is 0 Å². The van der Waals surface area contributed by atoms with E-state index in [2.05, 4.69) is 147 Å². The first kappa shape index (κ1) is 26.1. The highest BCUT2D eigenvalue weighted by atomic mass is 14.9. The van der Waals surface area contributed by atoms with E-state index >= 15 is 0 Å². The molecule has 0 fully saturated rings. The predicted molar refractivity (Wildman–Crippen MR) is 186 cm³/mol. The maximum absolute atomic E-state index is 5.36. The van der Waals surface area contributed by atoms with Gasteiger partial charge in [0.2, 0.25) is 0 Å². The molecular weight excluding hydrogens is 544 g/mol. The predicted octanol–water partition coefficient (Wildman–Crippen LogP) is 10.9. The molecule has 0 saturated carbocycles. The van der Waals surface area contributed by atoms with E-state index in [-0.39, 0.29) is 5.41 Å². The van der Waals surface area contributed by atoms with Gasteiger partial charge in [0.15, 0.2) is 5.82 Å². The van der Waals surface area contributed by atoms with Crippen LogP contribution in [0.5, 0.6) is 0 Å². The first-order chi connectivity index (χ1) is 22.1. The molecule has 1 aromatic heterocycles. The highest BCUT2D eigenvalue weighted by molar-refractivity contribution is 5.98. The first-order valence-corrected chi connectivity index (χ1v) is 16.0. The molecule has 7 aromatic rings. The van der Waals surface area contributed by atoms with Crippen LogP contribution < -0.4 is 0 Å². The molecule has 0 amide bonds. The molecule has 0 bridgehead atoms. The second kappa shape index (κ2) is 9.84. The van der Waals surface area contributed by atoms with Crippen molar-refractivity contribution in [2.24, 2.45) is 0 Å². The van der Waals surface area contributed by atoms with Crippen LogP contribution in [0.2, 0.25) is 0 Å². The molecule has 0 aliphatic heterocycles. The second-order valence-corrected chi connectivity index (χ2v) is 12.6. The zero-order chi connectivity index (χ0) is 30.1. The Morgan fingerprint density at radius 1 is 0.600 bits per heavy atom. The summed E-state index contributed by atoms with van der Waals surface area (Å²) in [5.41, 5.74) is 17.7. The lowest BCUT2D eigenvalue weighted by atomic mass is 9.75. The summed E-state index contributed by atoms with van der Waals surface area (Å²) in [5.74, 6) is 0.789. The summed E-state index contributed by atoms with van der Waals surface area (Å²) in [7, 11) is 0. The monoisotopic (exact) mass is 576 g/mol. The van der Waals surface area contributed by atoms with Crippen LogP contribution in [0.15, 0.2) is 133 Å². The summed E-state index contributed by atoms with van der Waals surface area (Å²) < 4.78 is 0. The minimum atomic E-state index is -0.0225. The lowest BCUT2D eigenvalue weighted by Gasteiger charge is -2.28. The fourth-order valence-corrected chi connectivity index (χ4v) is 7.89. The van der Waals surface area contributed by atoms with E-state index in [1.807, 2.05) is 0 Å². The van der Waals surface area contributed by atoms with Crippen molar-refractivity contribution < 1.29 is 0 Å². The van der Waals surface area contributed by atoms with Gasteiger partial charge in [-0.25, -0.2) is 9.97 Å². The van der Waals surface area contributed by atoms with Crippen molar-refractivity contribution in [1.82, 2.24) is 9.97 Å². The van der Waals surface area contributed by atoms with Gasteiger partial charge in [0.05, 0.1) is 11.2 Å². The van der Waals surface area contributed by atoms with Gasteiger partial charge >= 0.3 is 0 Å². The van der Waals surface area contributed by atoms with Crippen LogP contribution in [-0.4, -0.2) is 9.97 Å².